The Balaban J connectivity index is 1.44. The van der Waals surface area contributed by atoms with Gasteiger partial charge in [-0.2, -0.15) is 5.10 Å². The van der Waals surface area contributed by atoms with E-state index in [4.69, 9.17) is 9.47 Å². The summed E-state index contributed by atoms with van der Waals surface area (Å²) in [5.41, 5.74) is 4.95. The minimum atomic E-state index is -0.448. The first-order valence-electron chi connectivity index (χ1n) is 11.0. The van der Waals surface area contributed by atoms with Crippen molar-refractivity contribution in [1.29, 1.82) is 0 Å². The minimum absolute atomic E-state index is 0.0807. The van der Waals surface area contributed by atoms with Crippen LogP contribution >= 0.6 is 27.7 Å². The molecule has 0 bridgehead atoms. The normalized spacial score (nSPS) is 10.9. The summed E-state index contributed by atoms with van der Waals surface area (Å²) in [5.74, 6) is 0.678. The summed E-state index contributed by atoms with van der Waals surface area (Å²) in [4.78, 5) is 23.7. The first-order valence-corrected chi connectivity index (χ1v) is 12.8. The van der Waals surface area contributed by atoms with Crippen LogP contribution in [0.3, 0.4) is 0 Å². The third kappa shape index (κ3) is 6.83. The zero-order valence-corrected chi connectivity index (χ0v) is 22.3. The van der Waals surface area contributed by atoms with Crippen LogP contribution in [0.25, 0.3) is 17.1 Å². The van der Waals surface area contributed by atoms with Gasteiger partial charge in [-0.05, 0) is 48.0 Å². The van der Waals surface area contributed by atoms with Crippen molar-refractivity contribution in [2.45, 2.75) is 12.1 Å². The molecule has 11 heteroatoms. The van der Waals surface area contributed by atoms with Crippen molar-refractivity contribution in [3.63, 3.8) is 0 Å². The largest absolute Gasteiger partial charge is 0.493 e. The molecule has 9 nitrogen and oxygen atoms in total. The Morgan fingerprint density at radius 3 is 2.51 bits per heavy atom. The molecule has 1 heterocycles. The van der Waals surface area contributed by atoms with Gasteiger partial charge in [-0.3, -0.25) is 14.2 Å². The zero-order valence-electron chi connectivity index (χ0n) is 19.9. The Labute approximate surface area is 226 Å². The molecule has 0 spiro atoms. The summed E-state index contributed by atoms with van der Waals surface area (Å²) in [6, 6.07) is 22.5. The Morgan fingerprint density at radius 1 is 1.05 bits per heavy atom. The Kier molecular flexibility index (Phi) is 8.70. The Morgan fingerprint density at radius 2 is 1.81 bits per heavy atom. The predicted molar refractivity (Wildman–Crippen MR) is 145 cm³/mol. The molecule has 0 aliphatic carbocycles. The number of carbonyl (C=O) groups excluding carboxylic acids is 2. The number of para-hydroxylation sites is 1. The first kappa shape index (κ1) is 26.1. The summed E-state index contributed by atoms with van der Waals surface area (Å²) >= 11 is 4.71. The highest BCUT2D eigenvalue weighted by Crippen LogP contribution is 2.29. The van der Waals surface area contributed by atoms with Crippen molar-refractivity contribution in [2.24, 2.45) is 5.10 Å². The van der Waals surface area contributed by atoms with Gasteiger partial charge in [-0.25, -0.2) is 5.43 Å². The van der Waals surface area contributed by atoms with Gasteiger partial charge in [0.15, 0.2) is 22.5 Å². The molecule has 0 fully saturated rings. The number of amides is 1. The number of ether oxygens (including phenoxy) is 2. The fourth-order valence-electron chi connectivity index (χ4n) is 3.30. The molecule has 188 valence electrons. The molecule has 0 aliphatic heterocycles. The Bertz CT molecular complexity index is 1420. The number of methoxy groups -OCH3 is 1. The molecule has 37 heavy (non-hydrogen) atoms. The number of halogens is 1. The van der Waals surface area contributed by atoms with Gasteiger partial charge in [0.1, 0.15) is 0 Å². The van der Waals surface area contributed by atoms with Crippen molar-refractivity contribution in [2.75, 3.05) is 12.9 Å². The van der Waals surface area contributed by atoms with Gasteiger partial charge < -0.3 is 9.47 Å². The van der Waals surface area contributed by atoms with E-state index in [1.54, 1.807) is 18.2 Å². The molecule has 0 unspecified atom stereocenters. The molecule has 0 saturated carbocycles. The van der Waals surface area contributed by atoms with Gasteiger partial charge in [0, 0.05) is 22.6 Å². The van der Waals surface area contributed by atoms with Crippen LogP contribution in [-0.4, -0.2) is 45.7 Å². The number of rotatable bonds is 9. The van der Waals surface area contributed by atoms with E-state index in [0.717, 1.165) is 15.7 Å². The average molecular weight is 580 g/mol. The van der Waals surface area contributed by atoms with E-state index in [2.05, 4.69) is 36.7 Å². The third-order valence-corrected chi connectivity index (χ3v) is 6.38. The van der Waals surface area contributed by atoms with Crippen molar-refractivity contribution in [3.05, 3.63) is 82.8 Å². The van der Waals surface area contributed by atoms with E-state index in [1.807, 2.05) is 59.2 Å². The number of hydrazone groups is 1. The maximum atomic E-state index is 12.5. The number of aromatic nitrogens is 3. The van der Waals surface area contributed by atoms with Crippen LogP contribution in [0, 0.1) is 0 Å². The van der Waals surface area contributed by atoms with Crippen molar-refractivity contribution < 1.29 is 19.1 Å². The number of nitrogens with one attached hydrogen (secondary N) is 1. The standard InChI is InChI=1S/C26H22BrN5O4S/c1-17(33)36-22-13-8-18(14-23(22)35-2)15-28-29-24(34)16-37-26-31-30-25(19-9-11-20(27)12-10-19)32(26)21-6-4-3-5-7-21/h3-15H,16H2,1-2H3,(H,29,34). The van der Waals surface area contributed by atoms with E-state index in [9.17, 15) is 9.59 Å². The van der Waals surface area contributed by atoms with Crippen LogP contribution in [-0.2, 0) is 9.59 Å². The monoisotopic (exact) mass is 579 g/mol. The summed E-state index contributed by atoms with van der Waals surface area (Å²) in [7, 11) is 1.47. The van der Waals surface area contributed by atoms with Crippen LogP contribution in [0.15, 0.2) is 87.5 Å². The van der Waals surface area contributed by atoms with Gasteiger partial charge in [0.05, 0.1) is 19.1 Å². The van der Waals surface area contributed by atoms with Gasteiger partial charge in [-0.15, -0.1) is 10.2 Å². The van der Waals surface area contributed by atoms with Crippen LogP contribution in [0.1, 0.15) is 12.5 Å². The number of carbonyl (C=O) groups is 2. The highest BCUT2D eigenvalue weighted by Gasteiger charge is 2.17. The molecule has 3 aromatic carbocycles. The topological polar surface area (TPSA) is 108 Å². The van der Waals surface area contributed by atoms with Gasteiger partial charge in [0.25, 0.3) is 5.91 Å². The van der Waals surface area contributed by atoms with E-state index < -0.39 is 5.97 Å². The first-order chi connectivity index (χ1) is 17.9. The van der Waals surface area contributed by atoms with Crippen LogP contribution < -0.4 is 14.9 Å². The molecule has 1 aromatic heterocycles. The smallest absolute Gasteiger partial charge is 0.308 e. The van der Waals surface area contributed by atoms with Crippen LogP contribution in [0.4, 0.5) is 0 Å². The number of hydrogen-bond donors (Lipinski definition) is 1. The fourth-order valence-corrected chi connectivity index (χ4v) is 4.31. The van der Waals surface area contributed by atoms with Crippen molar-refractivity contribution >= 4 is 45.8 Å². The summed E-state index contributed by atoms with van der Waals surface area (Å²) in [6.07, 6.45) is 1.47. The molecule has 0 atom stereocenters. The maximum Gasteiger partial charge on any atom is 0.308 e. The summed E-state index contributed by atoms with van der Waals surface area (Å²) in [5, 5.41) is 13.3. The van der Waals surface area contributed by atoms with E-state index in [1.165, 1.54) is 32.0 Å². The summed E-state index contributed by atoms with van der Waals surface area (Å²) < 4.78 is 13.2. The van der Waals surface area contributed by atoms with Crippen LogP contribution in [0.5, 0.6) is 11.5 Å². The number of hydrogen-bond acceptors (Lipinski definition) is 8. The lowest BCUT2D eigenvalue weighted by Crippen LogP contribution is -2.20. The number of benzene rings is 3. The second-order valence-electron chi connectivity index (χ2n) is 7.57. The lowest BCUT2D eigenvalue weighted by Gasteiger charge is -2.10. The highest BCUT2D eigenvalue weighted by atomic mass is 79.9. The van der Waals surface area contributed by atoms with Gasteiger partial charge >= 0.3 is 5.97 Å². The molecule has 1 amide bonds. The van der Waals surface area contributed by atoms with Crippen molar-refractivity contribution in [3.8, 4) is 28.6 Å². The summed E-state index contributed by atoms with van der Waals surface area (Å²) in [6.45, 7) is 1.31. The lowest BCUT2D eigenvalue weighted by atomic mass is 10.2. The van der Waals surface area contributed by atoms with Gasteiger partial charge in [-0.1, -0.05) is 58.0 Å². The molecule has 4 aromatic rings. The van der Waals surface area contributed by atoms with Crippen LogP contribution in [0.2, 0.25) is 0 Å². The quantitative estimate of drug-likeness (QED) is 0.0990. The second kappa shape index (κ2) is 12.3. The molecule has 1 N–H and O–H groups in total. The highest BCUT2D eigenvalue weighted by molar-refractivity contribution is 9.10. The van der Waals surface area contributed by atoms with E-state index >= 15 is 0 Å². The SMILES string of the molecule is COc1cc(C=NNC(=O)CSc2nnc(-c3ccc(Br)cc3)n2-c2ccccc2)ccc1OC(C)=O. The minimum Gasteiger partial charge on any atom is -0.493 e. The number of nitrogens with zero attached hydrogens (tertiary/aromatic N) is 4. The van der Waals surface area contributed by atoms with Gasteiger partial charge in [0.2, 0.25) is 0 Å². The second-order valence-corrected chi connectivity index (χ2v) is 9.43. The molecule has 0 saturated heterocycles. The van der Waals surface area contributed by atoms with E-state index in [-0.39, 0.29) is 11.7 Å². The zero-order chi connectivity index (χ0) is 26.2. The molecule has 4 rings (SSSR count). The number of esters is 1. The maximum absolute atomic E-state index is 12.5. The molecule has 0 radical (unpaired) electrons. The molecular formula is C26H22BrN5O4S. The third-order valence-electron chi connectivity index (χ3n) is 4.93. The lowest BCUT2D eigenvalue weighted by molar-refractivity contribution is -0.132. The van der Waals surface area contributed by atoms with Crippen molar-refractivity contribution in [1.82, 2.24) is 20.2 Å². The predicted octanol–water partition coefficient (Wildman–Crippen LogP) is 4.87. The number of thioether (sulfide) groups is 1. The molecular weight excluding hydrogens is 558 g/mol. The fraction of sp³-hybridized carbons (Fsp3) is 0.115. The molecule has 0 aliphatic rings. The average Bonchev–Trinajstić information content (AvgIpc) is 3.33. The Hall–Kier alpha value is -3.96. The van der Waals surface area contributed by atoms with E-state index in [0.29, 0.717) is 28.0 Å².